The molecule has 0 aromatic heterocycles. The molecule has 0 radical (unpaired) electrons. The van der Waals surface area contributed by atoms with Crippen molar-refractivity contribution in [2.75, 3.05) is 6.61 Å². The Morgan fingerprint density at radius 2 is 1.75 bits per heavy atom. The van der Waals surface area contributed by atoms with Crippen LogP contribution in [0.5, 0.6) is 11.5 Å². The van der Waals surface area contributed by atoms with Crippen LogP contribution in [-0.2, 0) is 10.3 Å². The molecule has 1 aliphatic heterocycles. The fourth-order valence-electron chi connectivity index (χ4n) is 8.92. The first-order chi connectivity index (χ1) is 15.2. The molecule has 0 spiro atoms. The lowest BCUT2D eigenvalue weighted by Gasteiger charge is -2.57. The largest absolute Gasteiger partial charge is 0.508 e. The zero-order valence-corrected chi connectivity index (χ0v) is 19.2. The molecule has 6 nitrogen and oxygen atoms in total. The van der Waals surface area contributed by atoms with E-state index in [9.17, 15) is 15.2 Å². The Kier molecular flexibility index (Phi) is 4.51. The van der Waals surface area contributed by atoms with Crippen LogP contribution < -0.4 is 4.74 Å². The van der Waals surface area contributed by atoms with Crippen molar-refractivity contribution in [3.8, 4) is 11.5 Å². The molecule has 0 amide bonds. The topological polar surface area (TPSA) is 81.8 Å². The standard InChI is InChI=1S/C26H35NO5/c1-25(2)21-4-3-15(14-31-27(29)30)8-20(21)24-22(28)9-19(10-23(24)32-25)26-11-16-5-17(12-26)7-18(6-16)13-26/h9-10,15-18,20-21,28H,3-8,11-14H2,1-2H3/t15-,16?,17?,18?,20-,21-,26?/m1/s1. The highest BCUT2D eigenvalue weighted by atomic mass is 16.9. The van der Waals surface area contributed by atoms with E-state index in [0.29, 0.717) is 5.75 Å². The zero-order valence-electron chi connectivity index (χ0n) is 19.2. The minimum absolute atomic E-state index is 0.130. The number of benzene rings is 1. The highest BCUT2D eigenvalue weighted by Crippen LogP contribution is 2.63. The van der Waals surface area contributed by atoms with Gasteiger partial charge in [0.1, 0.15) is 17.1 Å². The van der Waals surface area contributed by atoms with Crippen molar-refractivity contribution in [2.24, 2.45) is 29.6 Å². The van der Waals surface area contributed by atoms with E-state index in [1.54, 1.807) is 0 Å². The number of nitrogens with zero attached hydrogens (tertiary/aromatic N) is 1. The summed E-state index contributed by atoms with van der Waals surface area (Å²) in [6, 6.07) is 4.32. The highest BCUT2D eigenvalue weighted by molar-refractivity contribution is 5.54. The van der Waals surface area contributed by atoms with Crippen LogP contribution in [0.15, 0.2) is 12.1 Å². The monoisotopic (exact) mass is 441 g/mol. The molecule has 6 aliphatic rings. The highest BCUT2D eigenvalue weighted by Gasteiger charge is 2.53. The van der Waals surface area contributed by atoms with Crippen LogP contribution in [0.2, 0.25) is 0 Å². The van der Waals surface area contributed by atoms with Gasteiger partial charge in [0, 0.05) is 11.5 Å². The summed E-state index contributed by atoms with van der Waals surface area (Å²) in [5, 5.41) is 21.3. The van der Waals surface area contributed by atoms with Crippen molar-refractivity contribution in [2.45, 2.75) is 88.6 Å². The smallest absolute Gasteiger partial charge is 0.294 e. The van der Waals surface area contributed by atoms with Crippen LogP contribution >= 0.6 is 0 Å². The van der Waals surface area contributed by atoms with Gasteiger partial charge in [-0.25, -0.2) is 0 Å². The minimum Gasteiger partial charge on any atom is -0.508 e. The normalized spacial score (nSPS) is 40.8. The fourth-order valence-corrected chi connectivity index (χ4v) is 8.92. The predicted molar refractivity (Wildman–Crippen MR) is 119 cm³/mol. The van der Waals surface area contributed by atoms with E-state index in [2.05, 4.69) is 26.0 Å². The van der Waals surface area contributed by atoms with E-state index in [0.717, 1.165) is 48.3 Å². The number of phenols is 1. The van der Waals surface area contributed by atoms with Gasteiger partial charge in [0.2, 0.25) is 0 Å². The third-order valence-corrected chi connectivity index (χ3v) is 9.78. The number of ether oxygens (including phenoxy) is 1. The average molecular weight is 442 g/mol. The van der Waals surface area contributed by atoms with Gasteiger partial charge in [-0.3, -0.25) is 0 Å². The van der Waals surface area contributed by atoms with Crippen LogP contribution in [0.25, 0.3) is 0 Å². The summed E-state index contributed by atoms with van der Waals surface area (Å²) in [7, 11) is 0. The Morgan fingerprint density at radius 3 is 2.38 bits per heavy atom. The molecule has 5 fully saturated rings. The maximum absolute atomic E-state index is 11.3. The van der Waals surface area contributed by atoms with Gasteiger partial charge < -0.3 is 14.7 Å². The zero-order chi connectivity index (χ0) is 22.3. The molecule has 5 aliphatic carbocycles. The average Bonchev–Trinajstić information content (AvgIpc) is 2.70. The molecule has 1 aromatic carbocycles. The quantitative estimate of drug-likeness (QED) is 0.476. The second-order valence-electron chi connectivity index (χ2n) is 12.2. The SMILES string of the molecule is CC1(C)Oc2cc(C34CC5CC(CC(C5)C3)C4)cc(O)c2[C@@H]2C[C@H](CO[N+](=O)[O-])CC[C@H]21. The molecular weight excluding hydrogens is 406 g/mol. The summed E-state index contributed by atoms with van der Waals surface area (Å²) in [5.74, 6) is 4.33. The van der Waals surface area contributed by atoms with Crippen molar-refractivity contribution in [1.82, 2.24) is 0 Å². The predicted octanol–water partition coefficient (Wildman–Crippen LogP) is 5.74. The maximum Gasteiger partial charge on any atom is 0.294 e. The molecule has 32 heavy (non-hydrogen) atoms. The molecule has 1 heterocycles. The van der Waals surface area contributed by atoms with Crippen molar-refractivity contribution < 1.29 is 19.8 Å². The maximum atomic E-state index is 11.3. The first-order valence-electron chi connectivity index (χ1n) is 12.6. The Balaban J connectivity index is 1.35. The number of fused-ring (bicyclic) bond motifs is 3. The molecule has 0 saturated heterocycles. The first-order valence-corrected chi connectivity index (χ1v) is 12.6. The number of rotatable bonds is 4. The van der Waals surface area contributed by atoms with Gasteiger partial charge in [-0.15, -0.1) is 10.1 Å². The van der Waals surface area contributed by atoms with Crippen molar-refractivity contribution in [3.63, 3.8) is 0 Å². The number of phenolic OH excluding ortho intramolecular Hbond substituents is 1. The Bertz CT molecular complexity index is 905. The van der Waals surface area contributed by atoms with Gasteiger partial charge in [0.15, 0.2) is 0 Å². The lowest BCUT2D eigenvalue weighted by Crippen LogP contribution is -2.49. The Hall–Kier alpha value is -1.98. The van der Waals surface area contributed by atoms with E-state index >= 15 is 0 Å². The summed E-state index contributed by atoms with van der Waals surface area (Å²) in [6.45, 7) is 4.46. The van der Waals surface area contributed by atoms with Gasteiger partial charge in [-0.1, -0.05) is 0 Å². The van der Waals surface area contributed by atoms with Gasteiger partial charge in [-0.05, 0) is 124 Å². The van der Waals surface area contributed by atoms with Gasteiger partial charge >= 0.3 is 0 Å². The fraction of sp³-hybridized carbons (Fsp3) is 0.769. The second kappa shape index (κ2) is 7.01. The van der Waals surface area contributed by atoms with Crippen LogP contribution in [0.3, 0.4) is 0 Å². The molecular formula is C26H35NO5. The van der Waals surface area contributed by atoms with E-state index in [1.165, 1.54) is 44.1 Å². The van der Waals surface area contributed by atoms with Crippen molar-refractivity contribution in [3.05, 3.63) is 33.4 Å². The molecule has 3 atom stereocenters. The summed E-state index contributed by atoms with van der Waals surface area (Å²) in [6.07, 6.45) is 10.6. The summed E-state index contributed by atoms with van der Waals surface area (Å²) < 4.78 is 6.61. The van der Waals surface area contributed by atoms with E-state index in [1.807, 2.05) is 0 Å². The number of hydrogen-bond donors (Lipinski definition) is 1. The second-order valence-corrected chi connectivity index (χ2v) is 12.2. The van der Waals surface area contributed by atoms with E-state index in [-0.39, 0.29) is 35.4 Å². The van der Waals surface area contributed by atoms with Gasteiger partial charge in [0.25, 0.3) is 5.09 Å². The lowest BCUT2D eigenvalue weighted by molar-refractivity contribution is -0.759. The Morgan fingerprint density at radius 1 is 1.09 bits per heavy atom. The minimum atomic E-state index is -0.691. The molecule has 174 valence electrons. The van der Waals surface area contributed by atoms with Crippen molar-refractivity contribution >= 4 is 0 Å². The summed E-state index contributed by atoms with van der Waals surface area (Å²) in [4.78, 5) is 15.4. The number of hydrogen-bond acceptors (Lipinski definition) is 5. The molecule has 0 unspecified atom stereocenters. The van der Waals surface area contributed by atoms with E-state index in [4.69, 9.17) is 9.57 Å². The lowest BCUT2D eigenvalue weighted by atomic mass is 9.48. The molecule has 5 saturated carbocycles. The van der Waals surface area contributed by atoms with Crippen LogP contribution in [-0.4, -0.2) is 22.4 Å². The van der Waals surface area contributed by atoms with E-state index < -0.39 is 5.09 Å². The Labute approximate surface area is 189 Å². The van der Waals surface area contributed by atoms with Crippen molar-refractivity contribution in [1.29, 1.82) is 0 Å². The van der Waals surface area contributed by atoms with Crippen LogP contribution in [0.1, 0.15) is 88.7 Å². The molecule has 6 heteroatoms. The molecule has 7 rings (SSSR count). The number of aromatic hydroxyl groups is 1. The third kappa shape index (κ3) is 3.19. The van der Waals surface area contributed by atoms with Crippen LogP contribution in [0, 0.1) is 39.7 Å². The van der Waals surface area contributed by atoms with Crippen LogP contribution in [0.4, 0.5) is 0 Å². The molecule has 4 bridgehead atoms. The van der Waals surface area contributed by atoms with Gasteiger partial charge in [-0.2, -0.15) is 0 Å². The summed E-state index contributed by atoms with van der Waals surface area (Å²) in [5.41, 5.74) is 2.10. The third-order valence-electron chi connectivity index (χ3n) is 9.78. The molecule has 1 N–H and O–H groups in total. The van der Waals surface area contributed by atoms with Gasteiger partial charge in [0.05, 0.1) is 6.61 Å². The summed E-state index contributed by atoms with van der Waals surface area (Å²) >= 11 is 0. The first kappa shape index (κ1) is 20.6. The molecule has 1 aromatic rings.